The molecule has 1 aliphatic carbocycles. The molecule has 1 heterocycles. The van der Waals surface area contributed by atoms with Gasteiger partial charge in [0.25, 0.3) is 0 Å². The number of benzene rings is 1. The first kappa shape index (κ1) is 20.1. The lowest BCUT2D eigenvalue weighted by Crippen LogP contribution is -2.53. The smallest absolute Gasteiger partial charge is 0.328 e. The Hall–Kier alpha value is -2.63. The third-order valence-electron chi connectivity index (χ3n) is 5.76. The van der Waals surface area contributed by atoms with Crippen LogP contribution >= 0.6 is 0 Å². The normalized spacial score (nSPS) is 25.0. The van der Waals surface area contributed by atoms with Gasteiger partial charge in [0.1, 0.15) is 6.04 Å². The molecule has 0 unspecified atom stereocenters. The van der Waals surface area contributed by atoms with Crippen molar-refractivity contribution in [3.8, 4) is 0 Å². The maximum Gasteiger partial charge on any atom is 0.328 e. The number of fused-ring (bicyclic) bond motifs is 1. The molecule has 0 radical (unpaired) electrons. The molecule has 4 atom stereocenters. The zero-order chi connectivity index (χ0) is 20.1. The molecular weight excluding hydrogens is 356 g/mol. The van der Waals surface area contributed by atoms with Crippen LogP contribution in [0.2, 0.25) is 0 Å². The molecule has 0 bridgehead atoms. The summed E-state index contributed by atoms with van der Waals surface area (Å²) in [4.78, 5) is 39.5. The molecule has 3 rings (SSSR count). The molecule has 1 aliphatic heterocycles. The predicted octanol–water partition coefficient (Wildman–Crippen LogP) is 1.95. The van der Waals surface area contributed by atoms with E-state index in [0.29, 0.717) is 19.5 Å². The first-order valence-electron chi connectivity index (χ1n) is 9.89. The van der Waals surface area contributed by atoms with E-state index in [1.54, 1.807) is 6.92 Å². The van der Waals surface area contributed by atoms with Crippen LogP contribution in [-0.2, 0) is 25.5 Å². The second-order valence-corrected chi connectivity index (χ2v) is 7.56. The van der Waals surface area contributed by atoms with Crippen molar-refractivity contribution in [3.63, 3.8) is 0 Å². The SMILES string of the molecule is COC(=O)[C@H](C)NC(=O)[C@@H]1CC=C[C@@H]2CCN(CCc3ccccc3)C(=O)[C@@H]21. The van der Waals surface area contributed by atoms with E-state index in [1.165, 1.54) is 12.7 Å². The number of piperidine rings is 1. The van der Waals surface area contributed by atoms with E-state index in [2.05, 4.69) is 28.3 Å². The van der Waals surface area contributed by atoms with E-state index in [1.807, 2.05) is 29.2 Å². The van der Waals surface area contributed by atoms with E-state index in [-0.39, 0.29) is 23.7 Å². The molecule has 1 aromatic carbocycles. The monoisotopic (exact) mass is 384 g/mol. The fraction of sp³-hybridized carbons (Fsp3) is 0.500. The average molecular weight is 384 g/mol. The number of carbonyl (C=O) groups is 3. The molecule has 2 aliphatic rings. The van der Waals surface area contributed by atoms with Gasteiger partial charge in [0.15, 0.2) is 0 Å². The second kappa shape index (κ2) is 9.04. The summed E-state index contributed by atoms with van der Waals surface area (Å²) < 4.78 is 4.68. The van der Waals surface area contributed by atoms with Crippen LogP contribution in [0.4, 0.5) is 0 Å². The summed E-state index contributed by atoms with van der Waals surface area (Å²) in [5, 5.41) is 2.71. The molecule has 0 spiro atoms. The van der Waals surface area contributed by atoms with Crippen molar-refractivity contribution in [3.05, 3.63) is 48.0 Å². The van der Waals surface area contributed by atoms with E-state index in [0.717, 1.165) is 12.8 Å². The zero-order valence-electron chi connectivity index (χ0n) is 16.5. The highest BCUT2D eigenvalue weighted by molar-refractivity contribution is 5.91. The quantitative estimate of drug-likeness (QED) is 0.601. The number of rotatable bonds is 6. The Kier molecular flexibility index (Phi) is 6.49. The van der Waals surface area contributed by atoms with Gasteiger partial charge < -0.3 is 15.0 Å². The van der Waals surface area contributed by atoms with Gasteiger partial charge in [-0.15, -0.1) is 0 Å². The fourth-order valence-electron chi connectivity index (χ4n) is 4.18. The summed E-state index contributed by atoms with van der Waals surface area (Å²) in [6.45, 7) is 2.96. The Balaban J connectivity index is 1.67. The van der Waals surface area contributed by atoms with Crippen molar-refractivity contribution in [2.45, 2.75) is 32.2 Å². The Morgan fingerprint density at radius 2 is 2.04 bits per heavy atom. The van der Waals surface area contributed by atoms with Crippen LogP contribution in [0, 0.1) is 17.8 Å². The van der Waals surface area contributed by atoms with E-state index >= 15 is 0 Å². The molecule has 150 valence electrons. The lowest BCUT2D eigenvalue weighted by molar-refractivity contribution is -0.149. The van der Waals surface area contributed by atoms with Crippen LogP contribution in [-0.4, -0.2) is 48.9 Å². The number of methoxy groups -OCH3 is 1. The number of nitrogens with zero attached hydrogens (tertiary/aromatic N) is 1. The zero-order valence-corrected chi connectivity index (χ0v) is 16.5. The minimum absolute atomic E-state index is 0.0439. The van der Waals surface area contributed by atoms with Gasteiger partial charge in [-0.25, -0.2) is 4.79 Å². The summed E-state index contributed by atoms with van der Waals surface area (Å²) in [7, 11) is 1.29. The summed E-state index contributed by atoms with van der Waals surface area (Å²) in [5.74, 6) is -1.43. The highest BCUT2D eigenvalue weighted by Crippen LogP contribution is 2.37. The van der Waals surface area contributed by atoms with Crippen molar-refractivity contribution >= 4 is 17.8 Å². The van der Waals surface area contributed by atoms with Crippen molar-refractivity contribution in [1.29, 1.82) is 0 Å². The maximum atomic E-state index is 13.2. The average Bonchev–Trinajstić information content (AvgIpc) is 2.72. The van der Waals surface area contributed by atoms with Crippen LogP contribution in [0.25, 0.3) is 0 Å². The minimum Gasteiger partial charge on any atom is -0.467 e. The molecular formula is C22H28N2O4. The molecule has 1 fully saturated rings. The lowest BCUT2D eigenvalue weighted by Gasteiger charge is -2.41. The summed E-state index contributed by atoms with van der Waals surface area (Å²) in [6.07, 6.45) is 6.24. The topological polar surface area (TPSA) is 75.7 Å². The van der Waals surface area contributed by atoms with Gasteiger partial charge in [0.05, 0.1) is 18.9 Å². The number of ether oxygens (including phenoxy) is 1. The molecule has 1 aromatic rings. The Morgan fingerprint density at radius 3 is 2.75 bits per heavy atom. The van der Waals surface area contributed by atoms with Crippen molar-refractivity contribution in [2.75, 3.05) is 20.2 Å². The number of allylic oxidation sites excluding steroid dienone is 2. The molecule has 2 amide bonds. The summed E-state index contributed by atoms with van der Waals surface area (Å²) in [5.41, 5.74) is 1.20. The van der Waals surface area contributed by atoms with Crippen molar-refractivity contribution in [2.24, 2.45) is 17.8 Å². The Bertz CT molecular complexity index is 746. The van der Waals surface area contributed by atoms with Crippen LogP contribution in [0.1, 0.15) is 25.3 Å². The highest BCUT2D eigenvalue weighted by Gasteiger charge is 2.44. The van der Waals surface area contributed by atoms with Gasteiger partial charge in [-0.05, 0) is 37.7 Å². The molecule has 1 N–H and O–H groups in total. The van der Waals surface area contributed by atoms with Crippen LogP contribution in [0.3, 0.4) is 0 Å². The number of hydrogen-bond acceptors (Lipinski definition) is 4. The van der Waals surface area contributed by atoms with Gasteiger partial charge in [-0.1, -0.05) is 42.5 Å². The van der Waals surface area contributed by atoms with Gasteiger partial charge in [-0.2, -0.15) is 0 Å². The largest absolute Gasteiger partial charge is 0.467 e. The molecule has 0 saturated carbocycles. The maximum absolute atomic E-state index is 13.2. The number of nitrogens with one attached hydrogen (secondary N) is 1. The van der Waals surface area contributed by atoms with E-state index < -0.39 is 17.9 Å². The summed E-state index contributed by atoms with van der Waals surface area (Å²) >= 11 is 0. The van der Waals surface area contributed by atoms with Gasteiger partial charge >= 0.3 is 5.97 Å². The highest BCUT2D eigenvalue weighted by atomic mass is 16.5. The predicted molar refractivity (Wildman–Crippen MR) is 105 cm³/mol. The molecule has 0 aromatic heterocycles. The van der Waals surface area contributed by atoms with Gasteiger partial charge in [0, 0.05) is 13.1 Å². The Labute approximate surface area is 165 Å². The number of likely N-dealkylation sites (tertiary alicyclic amines) is 1. The lowest BCUT2D eigenvalue weighted by atomic mass is 9.71. The molecule has 6 nitrogen and oxygen atoms in total. The van der Waals surface area contributed by atoms with E-state index in [4.69, 9.17) is 0 Å². The van der Waals surface area contributed by atoms with Crippen molar-refractivity contribution in [1.82, 2.24) is 10.2 Å². The van der Waals surface area contributed by atoms with Crippen molar-refractivity contribution < 1.29 is 19.1 Å². The van der Waals surface area contributed by atoms with Crippen LogP contribution in [0.5, 0.6) is 0 Å². The van der Waals surface area contributed by atoms with Gasteiger partial charge in [-0.3, -0.25) is 9.59 Å². The third-order valence-corrected chi connectivity index (χ3v) is 5.76. The Morgan fingerprint density at radius 1 is 1.29 bits per heavy atom. The fourth-order valence-corrected chi connectivity index (χ4v) is 4.18. The number of esters is 1. The standard InChI is InChI=1S/C22H28N2O4/c1-15(22(27)28-2)23-20(25)18-10-6-9-17-12-14-24(21(26)19(17)18)13-11-16-7-4-3-5-8-16/h3-9,15,17-19H,10-14H2,1-2H3,(H,23,25)/t15-,17+,18+,19-/m0/s1. The number of hydrogen-bond donors (Lipinski definition) is 1. The number of amides is 2. The van der Waals surface area contributed by atoms with Crippen LogP contribution < -0.4 is 5.32 Å². The number of carbonyl (C=O) groups excluding carboxylic acids is 3. The summed E-state index contributed by atoms with van der Waals surface area (Å²) in [6, 6.07) is 9.37. The molecule has 28 heavy (non-hydrogen) atoms. The minimum atomic E-state index is -0.727. The van der Waals surface area contributed by atoms with Crippen LogP contribution in [0.15, 0.2) is 42.5 Å². The first-order valence-corrected chi connectivity index (χ1v) is 9.89. The first-order chi connectivity index (χ1) is 13.5. The van der Waals surface area contributed by atoms with E-state index in [9.17, 15) is 14.4 Å². The van der Waals surface area contributed by atoms with Gasteiger partial charge in [0.2, 0.25) is 11.8 Å². The third kappa shape index (κ3) is 4.43. The molecule has 6 heteroatoms. The molecule has 1 saturated heterocycles. The second-order valence-electron chi connectivity index (χ2n) is 7.56.